The highest BCUT2D eigenvalue weighted by Gasteiger charge is 2.31. The maximum absolute atomic E-state index is 12.4. The Balaban J connectivity index is 1.48. The Bertz CT molecular complexity index is 1050. The van der Waals surface area contributed by atoms with E-state index in [2.05, 4.69) is 31.1 Å². The van der Waals surface area contributed by atoms with E-state index in [1.165, 1.54) is 0 Å². The van der Waals surface area contributed by atoms with Crippen LogP contribution in [-0.2, 0) is 11.3 Å². The van der Waals surface area contributed by atoms with Crippen molar-refractivity contribution in [2.24, 2.45) is 11.1 Å². The maximum Gasteiger partial charge on any atom is 0.222 e. The lowest BCUT2D eigenvalue weighted by atomic mass is 9.92. The molecule has 1 aromatic carbocycles. The number of benzene rings is 1. The van der Waals surface area contributed by atoms with E-state index >= 15 is 0 Å². The summed E-state index contributed by atoms with van der Waals surface area (Å²) in [5.41, 5.74) is 9.80. The second-order valence-electron chi connectivity index (χ2n) is 9.50. The minimum Gasteiger partial charge on any atom is -0.367 e. The number of nitrogens with zero attached hydrogens (tertiary/aromatic N) is 4. The molecule has 31 heavy (non-hydrogen) atoms. The summed E-state index contributed by atoms with van der Waals surface area (Å²) >= 11 is 0. The van der Waals surface area contributed by atoms with Crippen LogP contribution in [0.25, 0.3) is 16.9 Å². The molecule has 0 saturated carbocycles. The number of amides is 1. The van der Waals surface area contributed by atoms with E-state index in [9.17, 15) is 4.79 Å². The summed E-state index contributed by atoms with van der Waals surface area (Å²) in [7, 11) is 0. The number of aromatic nitrogens is 3. The Labute approximate surface area is 183 Å². The number of rotatable bonds is 7. The molecule has 0 bridgehead atoms. The zero-order valence-electron chi connectivity index (χ0n) is 18.6. The predicted octanol–water partition coefficient (Wildman–Crippen LogP) is 3.69. The Morgan fingerprint density at radius 2 is 1.94 bits per heavy atom. The van der Waals surface area contributed by atoms with E-state index in [1.54, 1.807) is 0 Å². The third kappa shape index (κ3) is 4.88. The van der Waals surface area contributed by atoms with Crippen molar-refractivity contribution in [3.63, 3.8) is 0 Å². The molecule has 3 aromatic rings. The molecule has 3 heterocycles. The average Bonchev–Trinajstić information content (AvgIpc) is 3.33. The molecule has 2 aromatic heterocycles. The third-order valence-corrected chi connectivity index (χ3v) is 5.92. The van der Waals surface area contributed by atoms with Gasteiger partial charge in [-0.3, -0.25) is 4.79 Å². The van der Waals surface area contributed by atoms with E-state index in [-0.39, 0.29) is 17.4 Å². The molecular formula is C24H32N6O. The molecule has 1 aliphatic rings. The largest absolute Gasteiger partial charge is 0.367 e. The van der Waals surface area contributed by atoms with Crippen LogP contribution in [0.15, 0.2) is 42.6 Å². The van der Waals surface area contributed by atoms with E-state index in [1.807, 2.05) is 52.0 Å². The van der Waals surface area contributed by atoms with Gasteiger partial charge in [-0.1, -0.05) is 45.0 Å². The number of likely N-dealkylation sites (tertiary alicyclic amines) is 1. The number of carbonyl (C=O) groups is 1. The van der Waals surface area contributed by atoms with Gasteiger partial charge in [0.25, 0.3) is 0 Å². The van der Waals surface area contributed by atoms with Crippen LogP contribution in [0, 0.1) is 5.41 Å². The fourth-order valence-corrected chi connectivity index (χ4v) is 3.97. The van der Waals surface area contributed by atoms with E-state index in [0.717, 1.165) is 47.7 Å². The molecule has 164 valence electrons. The Morgan fingerprint density at radius 3 is 2.65 bits per heavy atom. The molecule has 7 heteroatoms. The molecule has 1 saturated heterocycles. The molecule has 0 radical (unpaired) electrons. The first-order chi connectivity index (χ1) is 14.8. The second kappa shape index (κ2) is 8.67. The van der Waals surface area contributed by atoms with Gasteiger partial charge in [0.15, 0.2) is 5.65 Å². The summed E-state index contributed by atoms with van der Waals surface area (Å²) < 4.78 is 1.86. The summed E-state index contributed by atoms with van der Waals surface area (Å²) in [6.45, 7) is 8.68. The van der Waals surface area contributed by atoms with Gasteiger partial charge >= 0.3 is 0 Å². The number of anilines is 1. The first-order valence-electron chi connectivity index (χ1n) is 11.0. The van der Waals surface area contributed by atoms with Crippen LogP contribution in [0.1, 0.15) is 45.6 Å². The fraction of sp³-hybridized carbons (Fsp3) is 0.458. The van der Waals surface area contributed by atoms with Crippen LogP contribution in [0.5, 0.6) is 0 Å². The molecule has 1 unspecified atom stereocenters. The normalized spacial score (nSPS) is 17.0. The number of hydrogen-bond acceptors (Lipinski definition) is 5. The van der Waals surface area contributed by atoms with E-state index in [0.29, 0.717) is 19.5 Å². The van der Waals surface area contributed by atoms with Crippen LogP contribution in [-0.4, -0.2) is 44.5 Å². The highest BCUT2D eigenvalue weighted by atomic mass is 16.2. The molecule has 4 rings (SSSR count). The molecule has 1 fully saturated rings. The minimum atomic E-state index is 0.207. The average molecular weight is 421 g/mol. The van der Waals surface area contributed by atoms with Gasteiger partial charge in [-0.2, -0.15) is 0 Å². The summed E-state index contributed by atoms with van der Waals surface area (Å²) in [6, 6.07) is 12.3. The molecule has 0 spiro atoms. The highest BCUT2D eigenvalue weighted by molar-refractivity contribution is 5.78. The van der Waals surface area contributed by atoms with Gasteiger partial charge in [0.2, 0.25) is 5.91 Å². The number of hydrogen-bond donors (Lipinski definition) is 2. The monoisotopic (exact) mass is 420 g/mol. The van der Waals surface area contributed by atoms with Crippen molar-refractivity contribution >= 4 is 17.4 Å². The lowest BCUT2D eigenvalue weighted by molar-refractivity contribution is -0.129. The topological polar surface area (TPSA) is 88.5 Å². The zero-order chi connectivity index (χ0) is 22.0. The van der Waals surface area contributed by atoms with Crippen LogP contribution >= 0.6 is 0 Å². The smallest absolute Gasteiger partial charge is 0.222 e. The van der Waals surface area contributed by atoms with Gasteiger partial charge in [0, 0.05) is 37.7 Å². The lowest BCUT2D eigenvalue weighted by Crippen LogP contribution is -2.39. The Kier molecular flexibility index (Phi) is 5.96. The van der Waals surface area contributed by atoms with Crippen LogP contribution < -0.4 is 11.1 Å². The highest BCUT2D eigenvalue weighted by Crippen LogP contribution is 2.25. The summed E-state index contributed by atoms with van der Waals surface area (Å²) in [5.74, 6) is 1.04. The van der Waals surface area contributed by atoms with Crippen molar-refractivity contribution in [1.29, 1.82) is 0 Å². The first kappa shape index (κ1) is 21.3. The van der Waals surface area contributed by atoms with Gasteiger partial charge in [-0.25, -0.2) is 9.50 Å². The van der Waals surface area contributed by atoms with Crippen LogP contribution in [0.2, 0.25) is 0 Å². The number of imidazole rings is 1. The van der Waals surface area contributed by atoms with Crippen molar-refractivity contribution < 1.29 is 4.79 Å². The molecule has 1 aliphatic heterocycles. The van der Waals surface area contributed by atoms with Gasteiger partial charge in [-0.15, -0.1) is 5.10 Å². The summed E-state index contributed by atoms with van der Waals surface area (Å²) in [5, 5.41) is 8.20. The Morgan fingerprint density at radius 1 is 1.16 bits per heavy atom. The van der Waals surface area contributed by atoms with E-state index < -0.39 is 0 Å². The predicted molar refractivity (Wildman–Crippen MR) is 124 cm³/mol. The molecule has 7 nitrogen and oxygen atoms in total. The van der Waals surface area contributed by atoms with Gasteiger partial charge in [0.05, 0.1) is 11.9 Å². The molecule has 3 N–H and O–H groups in total. The fourth-order valence-electron chi connectivity index (χ4n) is 3.97. The number of nitrogens with one attached hydrogen (secondary N) is 1. The quantitative estimate of drug-likeness (QED) is 0.608. The number of nitrogens with two attached hydrogens (primary N) is 1. The van der Waals surface area contributed by atoms with Crippen molar-refractivity contribution in [3.8, 4) is 11.3 Å². The zero-order valence-corrected chi connectivity index (χ0v) is 18.6. The van der Waals surface area contributed by atoms with Crippen molar-refractivity contribution in [2.45, 2.75) is 52.6 Å². The van der Waals surface area contributed by atoms with Crippen molar-refractivity contribution in [3.05, 3.63) is 48.2 Å². The van der Waals surface area contributed by atoms with Crippen LogP contribution in [0.3, 0.4) is 0 Å². The van der Waals surface area contributed by atoms with Gasteiger partial charge in [-0.05, 0) is 36.0 Å². The van der Waals surface area contributed by atoms with Crippen molar-refractivity contribution in [2.75, 3.05) is 18.4 Å². The lowest BCUT2D eigenvalue weighted by Gasteiger charge is -2.28. The summed E-state index contributed by atoms with van der Waals surface area (Å²) in [6.07, 6.45) is 4.36. The van der Waals surface area contributed by atoms with E-state index in [4.69, 9.17) is 10.8 Å². The Hall–Kier alpha value is -2.93. The maximum atomic E-state index is 12.4. The van der Waals surface area contributed by atoms with Crippen molar-refractivity contribution in [1.82, 2.24) is 19.5 Å². The second-order valence-corrected chi connectivity index (χ2v) is 9.50. The standard InChI is InChI=1S/C24H32N6O/c1-24(2,3)12-13-29-19(8-11-23(29)31)15-26-21-9-10-22-27-16-20(30(22)28-21)18-6-4-17(14-25)5-7-18/h4-7,9-10,16,19H,8,11-15,25H2,1-3H3,(H,26,28). The van der Waals surface area contributed by atoms with Gasteiger partial charge < -0.3 is 16.0 Å². The summed E-state index contributed by atoms with van der Waals surface area (Å²) in [4.78, 5) is 18.9. The first-order valence-corrected chi connectivity index (χ1v) is 11.0. The molecule has 1 amide bonds. The third-order valence-electron chi connectivity index (χ3n) is 5.92. The van der Waals surface area contributed by atoms with Crippen LogP contribution in [0.4, 0.5) is 5.82 Å². The number of fused-ring (bicyclic) bond motifs is 1. The molecule has 1 atom stereocenters. The minimum absolute atomic E-state index is 0.207. The molecular weight excluding hydrogens is 388 g/mol. The molecule has 0 aliphatic carbocycles. The SMILES string of the molecule is CC(C)(C)CCN1C(=O)CCC1CNc1ccc2ncc(-c3ccc(CN)cc3)n2n1. The van der Waals surface area contributed by atoms with Gasteiger partial charge in [0.1, 0.15) is 5.82 Å². The number of carbonyl (C=O) groups excluding carboxylic acids is 1.